The average Bonchev–Trinajstić information content (AvgIpc) is 2.97. The SMILES string of the molecule is CCCc1nc(NCC)c(C)c(OCCc2cccs2)n1. The number of aryl methyl sites for hydroxylation is 1. The van der Waals surface area contributed by atoms with E-state index in [1.54, 1.807) is 11.3 Å². The van der Waals surface area contributed by atoms with Crippen molar-refractivity contribution in [2.75, 3.05) is 18.5 Å². The van der Waals surface area contributed by atoms with E-state index in [2.05, 4.69) is 46.6 Å². The number of anilines is 1. The molecule has 4 nitrogen and oxygen atoms in total. The Hall–Kier alpha value is -1.62. The smallest absolute Gasteiger partial charge is 0.221 e. The topological polar surface area (TPSA) is 47.0 Å². The molecule has 0 aliphatic heterocycles. The number of hydrogen-bond acceptors (Lipinski definition) is 5. The van der Waals surface area contributed by atoms with Crippen LogP contribution in [0.4, 0.5) is 5.82 Å². The summed E-state index contributed by atoms with van der Waals surface area (Å²) in [6, 6.07) is 4.20. The molecule has 0 spiro atoms. The van der Waals surface area contributed by atoms with Gasteiger partial charge in [0.15, 0.2) is 0 Å². The number of thiophene rings is 1. The van der Waals surface area contributed by atoms with Gasteiger partial charge in [-0.15, -0.1) is 11.3 Å². The summed E-state index contributed by atoms with van der Waals surface area (Å²) in [5, 5.41) is 5.38. The molecule has 5 heteroatoms. The van der Waals surface area contributed by atoms with Gasteiger partial charge in [-0.3, -0.25) is 0 Å². The molecule has 2 aromatic rings. The lowest BCUT2D eigenvalue weighted by Crippen LogP contribution is -2.10. The number of aromatic nitrogens is 2. The molecule has 2 aromatic heterocycles. The van der Waals surface area contributed by atoms with Crippen LogP contribution in [-0.2, 0) is 12.8 Å². The standard InChI is InChI=1S/C16H23N3OS/c1-4-7-14-18-15(17-5-2)12(3)16(19-14)20-10-9-13-8-6-11-21-13/h6,8,11H,4-5,7,9-10H2,1-3H3,(H,17,18,19). The van der Waals surface area contributed by atoms with Crippen molar-refractivity contribution < 1.29 is 4.74 Å². The molecule has 1 N–H and O–H groups in total. The van der Waals surface area contributed by atoms with Crippen molar-refractivity contribution in [3.8, 4) is 5.88 Å². The lowest BCUT2D eigenvalue weighted by atomic mass is 10.2. The number of rotatable bonds is 8. The highest BCUT2D eigenvalue weighted by molar-refractivity contribution is 7.09. The Morgan fingerprint density at radius 3 is 2.76 bits per heavy atom. The Morgan fingerprint density at radius 1 is 1.24 bits per heavy atom. The van der Waals surface area contributed by atoms with Gasteiger partial charge in [-0.25, -0.2) is 4.98 Å². The van der Waals surface area contributed by atoms with Crippen LogP contribution in [0.25, 0.3) is 0 Å². The molecule has 0 saturated heterocycles. The lowest BCUT2D eigenvalue weighted by Gasteiger charge is -2.13. The van der Waals surface area contributed by atoms with E-state index in [-0.39, 0.29) is 0 Å². The van der Waals surface area contributed by atoms with Crippen LogP contribution in [0.2, 0.25) is 0 Å². The monoisotopic (exact) mass is 305 g/mol. The van der Waals surface area contributed by atoms with Crippen molar-refractivity contribution in [1.82, 2.24) is 9.97 Å². The Balaban J connectivity index is 2.08. The minimum absolute atomic E-state index is 0.648. The molecular weight excluding hydrogens is 282 g/mol. The fraction of sp³-hybridized carbons (Fsp3) is 0.500. The molecular formula is C16H23N3OS. The van der Waals surface area contributed by atoms with Crippen molar-refractivity contribution in [3.05, 3.63) is 33.8 Å². The summed E-state index contributed by atoms with van der Waals surface area (Å²) in [5.74, 6) is 2.45. The van der Waals surface area contributed by atoms with E-state index in [1.165, 1.54) is 4.88 Å². The molecule has 2 heterocycles. The van der Waals surface area contributed by atoms with Gasteiger partial charge in [0.2, 0.25) is 5.88 Å². The second-order valence-corrected chi connectivity index (χ2v) is 5.91. The summed E-state index contributed by atoms with van der Waals surface area (Å²) in [7, 11) is 0. The van der Waals surface area contributed by atoms with Gasteiger partial charge < -0.3 is 10.1 Å². The Bertz CT molecular complexity index is 555. The summed E-state index contributed by atoms with van der Waals surface area (Å²) in [4.78, 5) is 10.5. The van der Waals surface area contributed by atoms with Crippen LogP contribution >= 0.6 is 11.3 Å². The third-order valence-electron chi connectivity index (χ3n) is 3.13. The number of ether oxygens (including phenoxy) is 1. The van der Waals surface area contributed by atoms with Crippen molar-refractivity contribution in [3.63, 3.8) is 0 Å². The van der Waals surface area contributed by atoms with E-state index in [1.807, 2.05) is 6.92 Å². The van der Waals surface area contributed by atoms with E-state index >= 15 is 0 Å². The highest BCUT2D eigenvalue weighted by atomic mass is 32.1. The fourth-order valence-corrected chi connectivity index (χ4v) is 2.75. The molecule has 21 heavy (non-hydrogen) atoms. The van der Waals surface area contributed by atoms with Crippen LogP contribution in [0.3, 0.4) is 0 Å². The summed E-state index contributed by atoms with van der Waals surface area (Å²) >= 11 is 1.76. The first-order chi connectivity index (χ1) is 10.2. The molecule has 0 fully saturated rings. The molecule has 0 atom stereocenters. The van der Waals surface area contributed by atoms with Gasteiger partial charge in [-0.2, -0.15) is 4.98 Å². The fourth-order valence-electron chi connectivity index (χ4n) is 2.06. The van der Waals surface area contributed by atoms with Gasteiger partial charge in [-0.05, 0) is 31.7 Å². The first-order valence-electron chi connectivity index (χ1n) is 7.51. The van der Waals surface area contributed by atoms with Crippen LogP contribution < -0.4 is 10.1 Å². The van der Waals surface area contributed by atoms with Crippen molar-refractivity contribution in [1.29, 1.82) is 0 Å². The first-order valence-corrected chi connectivity index (χ1v) is 8.39. The molecule has 0 aliphatic carbocycles. The molecule has 0 saturated carbocycles. The third kappa shape index (κ3) is 4.43. The summed E-state index contributed by atoms with van der Waals surface area (Å²) in [6.45, 7) is 7.70. The predicted octanol–water partition coefficient (Wildman–Crippen LogP) is 3.85. The van der Waals surface area contributed by atoms with E-state index in [0.717, 1.165) is 43.0 Å². The zero-order valence-corrected chi connectivity index (χ0v) is 13.8. The summed E-state index contributed by atoms with van der Waals surface area (Å²) < 4.78 is 5.90. The second-order valence-electron chi connectivity index (χ2n) is 4.88. The molecule has 0 unspecified atom stereocenters. The molecule has 0 amide bonds. The maximum atomic E-state index is 5.90. The molecule has 2 rings (SSSR count). The summed E-state index contributed by atoms with van der Waals surface area (Å²) in [6.07, 6.45) is 2.82. The van der Waals surface area contributed by atoms with Gasteiger partial charge in [-0.1, -0.05) is 13.0 Å². The van der Waals surface area contributed by atoms with Crippen molar-refractivity contribution >= 4 is 17.2 Å². The van der Waals surface area contributed by atoms with E-state index in [4.69, 9.17) is 4.74 Å². The van der Waals surface area contributed by atoms with Gasteiger partial charge in [0.1, 0.15) is 11.6 Å². The van der Waals surface area contributed by atoms with Crippen LogP contribution in [0.5, 0.6) is 5.88 Å². The largest absolute Gasteiger partial charge is 0.477 e. The summed E-state index contributed by atoms with van der Waals surface area (Å²) in [5.41, 5.74) is 0.989. The van der Waals surface area contributed by atoms with Gasteiger partial charge in [0.25, 0.3) is 0 Å². The minimum atomic E-state index is 0.648. The first kappa shape index (κ1) is 15.8. The van der Waals surface area contributed by atoms with Crippen LogP contribution in [0.1, 0.15) is 36.5 Å². The second kappa shape index (κ2) is 7.98. The maximum Gasteiger partial charge on any atom is 0.221 e. The van der Waals surface area contributed by atoms with E-state index in [9.17, 15) is 0 Å². The molecule has 114 valence electrons. The normalized spacial score (nSPS) is 10.6. The number of nitrogens with zero attached hydrogens (tertiary/aromatic N) is 2. The van der Waals surface area contributed by atoms with E-state index < -0.39 is 0 Å². The lowest BCUT2D eigenvalue weighted by molar-refractivity contribution is 0.306. The number of hydrogen-bond donors (Lipinski definition) is 1. The van der Waals surface area contributed by atoms with E-state index in [0.29, 0.717) is 12.5 Å². The van der Waals surface area contributed by atoms with Crippen LogP contribution in [-0.4, -0.2) is 23.1 Å². The quantitative estimate of drug-likeness (QED) is 0.804. The third-order valence-corrected chi connectivity index (χ3v) is 4.07. The number of nitrogens with one attached hydrogen (secondary N) is 1. The molecule has 0 aliphatic rings. The molecule has 0 aromatic carbocycles. The zero-order chi connectivity index (χ0) is 15.1. The predicted molar refractivity (Wildman–Crippen MR) is 88.4 cm³/mol. The highest BCUT2D eigenvalue weighted by Crippen LogP contribution is 2.23. The highest BCUT2D eigenvalue weighted by Gasteiger charge is 2.11. The maximum absolute atomic E-state index is 5.90. The molecule has 0 bridgehead atoms. The Morgan fingerprint density at radius 2 is 2.10 bits per heavy atom. The van der Waals surface area contributed by atoms with Gasteiger partial charge in [0.05, 0.1) is 12.2 Å². The zero-order valence-electron chi connectivity index (χ0n) is 13.0. The van der Waals surface area contributed by atoms with Crippen molar-refractivity contribution in [2.45, 2.75) is 40.0 Å². The van der Waals surface area contributed by atoms with Gasteiger partial charge >= 0.3 is 0 Å². The Kier molecular flexibility index (Phi) is 5.99. The average molecular weight is 305 g/mol. The van der Waals surface area contributed by atoms with Crippen molar-refractivity contribution in [2.24, 2.45) is 0 Å². The Labute approximate surface area is 130 Å². The molecule has 0 radical (unpaired) electrons. The van der Waals surface area contributed by atoms with Gasteiger partial charge in [0, 0.05) is 24.3 Å². The van der Waals surface area contributed by atoms with Crippen LogP contribution in [0.15, 0.2) is 17.5 Å². The minimum Gasteiger partial charge on any atom is -0.477 e. The van der Waals surface area contributed by atoms with Crippen LogP contribution in [0, 0.1) is 6.92 Å².